The van der Waals surface area contributed by atoms with E-state index in [1.807, 2.05) is 0 Å². The van der Waals surface area contributed by atoms with Gasteiger partial charge in [0.05, 0.1) is 5.75 Å². The van der Waals surface area contributed by atoms with E-state index in [0.29, 0.717) is 19.4 Å². The van der Waals surface area contributed by atoms with Crippen molar-refractivity contribution >= 4 is 30.4 Å². The number of amides is 2. The van der Waals surface area contributed by atoms with Crippen LogP contribution in [0.15, 0.2) is 0 Å². The number of thiol groups is 1. The Morgan fingerprint density at radius 1 is 1.53 bits per heavy atom. The zero-order valence-corrected chi connectivity index (χ0v) is 10.4. The van der Waals surface area contributed by atoms with Crippen LogP contribution in [0.5, 0.6) is 0 Å². The van der Waals surface area contributed by atoms with Crippen LogP contribution in [0.25, 0.3) is 0 Å². The van der Waals surface area contributed by atoms with Gasteiger partial charge in [-0.05, 0) is 19.8 Å². The Balaban J connectivity index is 2.62. The van der Waals surface area contributed by atoms with E-state index in [1.165, 1.54) is 4.90 Å². The second-order valence-electron chi connectivity index (χ2n) is 3.98. The number of aliphatic carboxylic acids is 1. The molecular weight excluding hydrogens is 244 g/mol. The SMILES string of the molecule is C[C@H](NC(=O)CS)C(=O)N1CCC[C@H]1C(=O)O. The lowest BCUT2D eigenvalue weighted by molar-refractivity contribution is -0.149. The van der Waals surface area contributed by atoms with Crippen molar-refractivity contribution in [1.29, 1.82) is 0 Å². The van der Waals surface area contributed by atoms with Crippen molar-refractivity contribution in [3.05, 3.63) is 0 Å². The number of nitrogens with zero attached hydrogens (tertiary/aromatic N) is 1. The normalized spacial score (nSPS) is 21.1. The zero-order chi connectivity index (χ0) is 13.0. The van der Waals surface area contributed by atoms with E-state index < -0.39 is 18.1 Å². The molecule has 0 aliphatic carbocycles. The highest BCUT2D eigenvalue weighted by atomic mass is 32.1. The van der Waals surface area contributed by atoms with Crippen molar-refractivity contribution in [3.8, 4) is 0 Å². The van der Waals surface area contributed by atoms with Crippen LogP contribution < -0.4 is 5.32 Å². The summed E-state index contributed by atoms with van der Waals surface area (Å²) in [5.74, 6) is -1.70. The zero-order valence-electron chi connectivity index (χ0n) is 9.55. The first-order valence-corrected chi connectivity index (χ1v) is 6.04. The van der Waals surface area contributed by atoms with Gasteiger partial charge in [-0.15, -0.1) is 0 Å². The second kappa shape index (κ2) is 5.90. The molecule has 1 saturated heterocycles. The molecule has 1 rings (SSSR count). The molecule has 0 saturated carbocycles. The van der Waals surface area contributed by atoms with E-state index in [1.54, 1.807) is 6.92 Å². The first-order chi connectivity index (χ1) is 7.97. The lowest BCUT2D eigenvalue weighted by atomic mass is 10.2. The van der Waals surface area contributed by atoms with Crippen LogP contribution in [0, 0.1) is 0 Å². The quantitative estimate of drug-likeness (QED) is 0.595. The minimum atomic E-state index is -0.997. The predicted molar refractivity (Wildman–Crippen MR) is 63.8 cm³/mol. The summed E-state index contributed by atoms with van der Waals surface area (Å²) in [6, 6.07) is -1.48. The van der Waals surface area contributed by atoms with Crippen molar-refractivity contribution in [1.82, 2.24) is 10.2 Å². The molecule has 2 atom stereocenters. The van der Waals surface area contributed by atoms with E-state index in [-0.39, 0.29) is 17.6 Å². The Morgan fingerprint density at radius 3 is 2.71 bits per heavy atom. The lowest BCUT2D eigenvalue weighted by Gasteiger charge is -2.25. The number of hydrogen-bond donors (Lipinski definition) is 3. The van der Waals surface area contributed by atoms with Crippen LogP contribution in [0.4, 0.5) is 0 Å². The first-order valence-electron chi connectivity index (χ1n) is 5.41. The highest BCUT2D eigenvalue weighted by Gasteiger charge is 2.35. The predicted octanol–water partition coefficient (Wildman–Crippen LogP) is -0.504. The van der Waals surface area contributed by atoms with Gasteiger partial charge in [0.1, 0.15) is 12.1 Å². The number of likely N-dealkylation sites (tertiary alicyclic amines) is 1. The largest absolute Gasteiger partial charge is 0.480 e. The molecule has 0 unspecified atom stereocenters. The Morgan fingerprint density at radius 2 is 2.18 bits per heavy atom. The molecule has 1 aliphatic rings. The van der Waals surface area contributed by atoms with E-state index in [4.69, 9.17) is 5.11 Å². The molecule has 0 aromatic carbocycles. The third-order valence-electron chi connectivity index (χ3n) is 2.71. The summed E-state index contributed by atoms with van der Waals surface area (Å²) < 4.78 is 0. The van der Waals surface area contributed by atoms with Crippen LogP contribution in [0.1, 0.15) is 19.8 Å². The van der Waals surface area contributed by atoms with Gasteiger partial charge in [-0.25, -0.2) is 4.79 Å². The average Bonchev–Trinajstić information content (AvgIpc) is 2.76. The molecule has 1 heterocycles. The van der Waals surface area contributed by atoms with Gasteiger partial charge in [0, 0.05) is 6.54 Å². The fraction of sp³-hybridized carbons (Fsp3) is 0.700. The monoisotopic (exact) mass is 260 g/mol. The van der Waals surface area contributed by atoms with E-state index >= 15 is 0 Å². The molecule has 1 aliphatic heterocycles. The Hall–Kier alpha value is -1.24. The molecule has 6 nitrogen and oxygen atoms in total. The number of nitrogens with one attached hydrogen (secondary N) is 1. The fourth-order valence-electron chi connectivity index (χ4n) is 1.88. The highest BCUT2D eigenvalue weighted by molar-refractivity contribution is 7.81. The van der Waals surface area contributed by atoms with Crippen molar-refractivity contribution in [2.24, 2.45) is 0 Å². The van der Waals surface area contributed by atoms with Gasteiger partial charge in [-0.1, -0.05) is 0 Å². The maximum Gasteiger partial charge on any atom is 0.326 e. The van der Waals surface area contributed by atoms with Crippen LogP contribution in [0.3, 0.4) is 0 Å². The smallest absolute Gasteiger partial charge is 0.326 e. The molecule has 7 heteroatoms. The summed E-state index contributed by atoms with van der Waals surface area (Å²) in [6.07, 6.45) is 1.14. The Kier molecular flexibility index (Phi) is 4.80. The third kappa shape index (κ3) is 3.36. The molecule has 17 heavy (non-hydrogen) atoms. The first kappa shape index (κ1) is 13.8. The molecule has 2 amide bonds. The highest BCUT2D eigenvalue weighted by Crippen LogP contribution is 2.18. The van der Waals surface area contributed by atoms with Crippen molar-refractivity contribution in [2.75, 3.05) is 12.3 Å². The summed E-state index contributed by atoms with van der Waals surface area (Å²) in [6.45, 7) is 1.97. The average molecular weight is 260 g/mol. The van der Waals surface area contributed by atoms with E-state index in [9.17, 15) is 14.4 Å². The van der Waals surface area contributed by atoms with Crippen molar-refractivity contribution in [3.63, 3.8) is 0 Å². The van der Waals surface area contributed by atoms with Crippen LogP contribution >= 0.6 is 12.6 Å². The number of carbonyl (C=O) groups excluding carboxylic acids is 2. The summed E-state index contributed by atoms with van der Waals surface area (Å²) in [7, 11) is 0. The number of carboxylic acids is 1. The molecule has 0 bridgehead atoms. The van der Waals surface area contributed by atoms with Gasteiger partial charge in [0.25, 0.3) is 0 Å². The topological polar surface area (TPSA) is 86.7 Å². The number of hydrogen-bond acceptors (Lipinski definition) is 4. The number of rotatable bonds is 4. The summed E-state index contributed by atoms with van der Waals surface area (Å²) in [4.78, 5) is 35.3. The summed E-state index contributed by atoms with van der Waals surface area (Å²) in [5.41, 5.74) is 0. The molecule has 2 N–H and O–H groups in total. The van der Waals surface area contributed by atoms with Crippen molar-refractivity contribution in [2.45, 2.75) is 31.8 Å². The van der Waals surface area contributed by atoms with Crippen LogP contribution in [0.2, 0.25) is 0 Å². The van der Waals surface area contributed by atoms with Gasteiger partial charge >= 0.3 is 5.97 Å². The van der Waals surface area contributed by atoms with Crippen molar-refractivity contribution < 1.29 is 19.5 Å². The van der Waals surface area contributed by atoms with Gasteiger partial charge in [0.15, 0.2) is 0 Å². The van der Waals surface area contributed by atoms with Gasteiger partial charge in [-0.2, -0.15) is 12.6 Å². The molecule has 96 valence electrons. The van der Waals surface area contributed by atoms with Crippen LogP contribution in [-0.4, -0.2) is 52.2 Å². The Labute approximate surface area is 105 Å². The lowest BCUT2D eigenvalue weighted by Crippen LogP contribution is -2.50. The molecule has 1 fully saturated rings. The molecule has 0 spiro atoms. The summed E-state index contributed by atoms with van der Waals surface area (Å²) >= 11 is 3.79. The third-order valence-corrected chi connectivity index (χ3v) is 3.00. The number of carbonyl (C=O) groups is 3. The van der Waals surface area contributed by atoms with Crippen LogP contribution in [-0.2, 0) is 14.4 Å². The fourth-order valence-corrected chi connectivity index (χ4v) is 1.98. The minimum Gasteiger partial charge on any atom is -0.480 e. The second-order valence-corrected chi connectivity index (χ2v) is 4.29. The molecular formula is C10H16N2O4S. The molecule has 0 radical (unpaired) electrons. The molecule has 0 aromatic rings. The summed E-state index contributed by atoms with van der Waals surface area (Å²) in [5, 5.41) is 11.4. The standard InChI is InChI=1S/C10H16N2O4S/c1-6(11-8(13)5-17)9(14)12-4-2-3-7(12)10(15)16/h6-7,17H,2-5H2,1H3,(H,11,13)(H,15,16)/t6-,7-/m0/s1. The van der Waals surface area contributed by atoms with E-state index in [0.717, 1.165) is 0 Å². The van der Waals surface area contributed by atoms with Gasteiger partial charge in [0.2, 0.25) is 11.8 Å². The van der Waals surface area contributed by atoms with E-state index in [2.05, 4.69) is 17.9 Å². The molecule has 0 aromatic heterocycles. The van der Waals surface area contributed by atoms with Gasteiger partial charge in [-0.3, -0.25) is 9.59 Å². The maximum atomic E-state index is 11.9. The Bertz CT molecular complexity index is 334. The maximum absolute atomic E-state index is 11.9. The minimum absolute atomic E-state index is 0.0000207. The van der Waals surface area contributed by atoms with Gasteiger partial charge < -0.3 is 15.3 Å². The number of carboxylic acid groups (broad SMARTS) is 1.